The van der Waals surface area contributed by atoms with Gasteiger partial charge in [0.1, 0.15) is 0 Å². The van der Waals surface area contributed by atoms with Crippen LogP contribution in [-0.4, -0.2) is 42.1 Å². The molecular weight excluding hydrogens is 279 g/mol. The van der Waals surface area contributed by atoms with Crippen molar-refractivity contribution < 1.29 is 19.1 Å². The van der Waals surface area contributed by atoms with Crippen molar-refractivity contribution in [2.75, 3.05) is 7.11 Å². The van der Waals surface area contributed by atoms with E-state index in [-0.39, 0.29) is 32.7 Å². The summed E-state index contributed by atoms with van der Waals surface area (Å²) < 4.78 is 13.7. The van der Waals surface area contributed by atoms with Crippen LogP contribution in [0.3, 0.4) is 0 Å². The molecule has 0 fully saturated rings. The van der Waals surface area contributed by atoms with Gasteiger partial charge in [-0.3, -0.25) is 0 Å². The van der Waals surface area contributed by atoms with Crippen molar-refractivity contribution in [3.63, 3.8) is 0 Å². The molecule has 0 unspecified atom stereocenters. The van der Waals surface area contributed by atoms with Gasteiger partial charge in [0.25, 0.3) is 0 Å². The molecule has 84 valence electrons. The van der Waals surface area contributed by atoms with E-state index in [0.29, 0.717) is 11.5 Å². The topological polar surface area (TPSA) is 85.5 Å². The van der Waals surface area contributed by atoms with Gasteiger partial charge in [0, 0.05) is 0 Å². The number of aliphatic hydroxyl groups excluding tert-OH is 1. The van der Waals surface area contributed by atoms with E-state index in [1.54, 1.807) is 0 Å². The molecule has 2 aromatic rings. The normalized spacial score (nSPS) is 10.4. The molecule has 0 saturated carbocycles. The van der Waals surface area contributed by atoms with Crippen molar-refractivity contribution in [2.45, 2.75) is 6.61 Å². The Bertz CT molecular complexity index is 492. The van der Waals surface area contributed by atoms with Crippen LogP contribution < -0.4 is 0 Å². The molecule has 2 aromatic heterocycles. The summed E-state index contributed by atoms with van der Waals surface area (Å²) in [6, 6.07) is 1.50. The minimum absolute atomic E-state index is 0.00701. The molecule has 6 nitrogen and oxygen atoms in total. The summed E-state index contributed by atoms with van der Waals surface area (Å²) in [6.07, 6.45) is 0. The average Bonchev–Trinajstić information content (AvgIpc) is 2.95. The standard InChI is InChI=1S/C9H8N2O4Se/c1-14-9(13)5-2-7(15-8(5)3-12)6-4-16-11-10-6/h2,4,12H,3H2,1H3. The second kappa shape index (κ2) is 4.61. The minimum atomic E-state index is -0.542. The van der Waals surface area contributed by atoms with E-state index < -0.39 is 5.97 Å². The van der Waals surface area contributed by atoms with Gasteiger partial charge in [-0.2, -0.15) is 0 Å². The Morgan fingerprint density at radius 2 is 2.50 bits per heavy atom. The first-order valence-corrected chi connectivity index (χ1v) is 6.11. The molecule has 7 heteroatoms. The number of hydrogen-bond donors (Lipinski definition) is 1. The van der Waals surface area contributed by atoms with E-state index in [1.165, 1.54) is 13.2 Å². The van der Waals surface area contributed by atoms with Crippen molar-refractivity contribution in [1.82, 2.24) is 9.19 Å². The number of hydrogen-bond acceptors (Lipinski definition) is 6. The second-order valence-corrected chi connectivity index (χ2v) is 4.17. The molecule has 0 aliphatic heterocycles. The maximum atomic E-state index is 11.4. The van der Waals surface area contributed by atoms with Gasteiger partial charge in [-0.15, -0.1) is 0 Å². The van der Waals surface area contributed by atoms with E-state index in [4.69, 9.17) is 9.52 Å². The van der Waals surface area contributed by atoms with Gasteiger partial charge in [-0.25, -0.2) is 0 Å². The van der Waals surface area contributed by atoms with E-state index >= 15 is 0 Å². The molecule has 0 spiro atoms. The molecule has 0 saturated heterocycles. The van der Waals surface area contributed by atoms with Crippen molar-refractivity contribution in [3.8, 4) is 11.5 Å². The third kappa shape index (κ3) is 1.92. The molecule has 0 bridgehead atoms. The summed E-state index contributed by atoms with van der Waals surface area (Å²) in [5, 5.41) is 12.9. The third-order valence-electron chi connectivity index (χ3n) is 1.97. The summed E-state index contributed by atoms with van der Waals surface area (Å²) in [7, 11) is 1.27. The maximum absolute atomic E-state index is 11.4. The molecule has 0 radical (unpaired) electrons. The number of methoxy groups -OCH3 is 1. The van der Waals surface area contributed by atoms with E-state index in [2.05, 4.69) is 13.9 Å². The van der Waals surface area contributed by atoms with Crippen molar-refractivity contribution in [3.05, 3.63) is 22.3 Å². The first-order valence-electron chi connectivity index (χ1n) is 4.35. The van der Waals surface area contributed by atoms with E-state index in [0.717, 1.165) is 0 Å². The Kier molecular flexibility index (Phi) is 3.19. The number of nitrogens with zero attached hydrogens (tertiary/aromatic N) is 2. The van der Waals surface area contributed by atoms with Gasteiger partial charge >= 0.3 is 96.5 Å². The van der Waals surface area contributed by atoms with E-state index in [1.807, 2.05) is 4.94 Å². The van der Waals surface area contributed by atoms with Gasteiger partial charge in [0.2, 0.25) is 0 Å². The van der Waals surface area contributed by atoms with Crippen molar-refractivity contribution in [2.24, 2.45) is 0 Å². The zero-order valence-electron chi connectivity index (χ0n) is 8.34. The van der Waals surface area contributed by atoms with Crippen LogP contribution in [0.4, 0.5) is 0 Å². The quantitative estimate of drug-likeness (QED) is 0.635. The molecule has 1 N–H and O–H groups in total. The number of furan rings is 1. The van der Waals surface area contributed by atoms with Crippen LogP contribution in [0.25, 0.3) is 11.5 Å². The fourth-order valence-corrected chi connectivity index (χ4v) is 2.16. The van der Waals surface area contributed by atoms with Gasteiger partial charge in [-0.05, 0) is 0 Å². The molecular formula is C9H8N2O4Se. The zero-order valence-corrected chi connectivity index (χ0v) is 10.0. The van der Waals surface area contributed by atoms with E-state index in [9.17, 15) is 4.79 Å². The third-order valence-corrected chi connectivity index (χ3v) is 3.03. The predicted molar refractivity (Wildman–Crippen MR) is 53.9 cm³/mol. The van der Waals surface area contributed by atoms with Crippen LogP contribution in [0.1, 0.15) is 16.1 Å². The average molecular weight is 287 g/mol. The number of rotatable bonds is 3. The summed E-state index contributed by atoms with van der Waals surface area (Å²) >= 11 is -0.00701. The molecule has 0 aromatic carbocycles. The first-order chi connectivity index (χ1) is 7.76. The summed E-state index contributed by atoms with van der Waals surface area (Å²) in [5.41, 5.74) is 0.806. The number of ether oxygens (including phenoxy) is 1. The van der Waals surface area contributed by atoms with Gasteiger partial charge in [-0.1, -0.05) is 0 Å². The fourth-order valence-electron chi connectivity index (χ4n) is 1.23. The predicted octanol–water partition coefficient (Wildman–Crippen LogP) is 0.0725. The van der Waals surface area contributed by atoms with Gasteiger partial charge in [0.05, 0.1) is 0 Å². The Balaban J connectivity index is 2.44. The van der Waals surface area contributed by atoms with Crippen LogP contribution in [0.2, 0.25) is 0 Å². The Morgan fingerprint density at radius 1 is 1.69 bits per heavy atom. The second-order valence-electron chi connectivity index (χ2n) is 2.89. The van der Waals surface area contributed by atoms with Gasteiger partial charge in [0.15, 0.2) is 0 Å². The Morgan fingerprint density at radius 3 is 3.06 bits per heavy atom. The van der Waals surface area contributed by atoms with Gasteiger partial charge < -0.3 is 0 Å². The molecule has 0 aliphatic rings. The van der Waals surface area contributed by atoms with Crippen LogP contribution in [0.5, 0.6) is 0 Å². The van der Waals surface area contributed by atoms with Crippen LogP contribution in [0.15, 0.2) is 15.4 Å². The fraction of sp³-hybridized carbons (Fsp3) is 0.222. The molecule has 0 amide bonds. The molecule has 16 heavy (non-hydrogen) atoms. The number of aromatic nitrogens is 2. The Labute approximate surface area is 96.8 Å². The van der Waals surface area contributed by atoms with Crippen LogP contribution in [0, 0.1) is 0 Å². The van der Waals surface area contributed by atoms with Crippen molar-refractivity contribution >= 4 is 20.7 Å². The van der Waals surface area contributed by atoms with Crippen molar-refractivity contribution in [1.29, 1.82) is 0 Å². The van der Waals surface area contributed by atoms with Crippen LogP contribution in [-0.2, 0) is 11.3 Å². The number of carbonyl (C=O) groups excluding carboxylic acids is 1. The molecule has 2 heterocycles. The number of aliphatic hydroxyl groups is 1. The summed E-state index contributed by atoms with van der Waals surface area (Å²) in [4.78, 5) is 13.2. The number of esters is 1. The summed E-state index contributed by atoms with van der Waals surface area (Å²) in [5.74, 6) is 0.0602. The van der Waals surface area contributed by atoms with Crippen LogP contribution >= 0.6 is 0 Å². The zero-order chi connectivity index (χ0) is 11.5. The number of carbonyl (C=O) groups is 1. The molecule has 0 atom stereocenters. The monoisotopic (exact) mass is 288 g/mol. The first kappa shape index (κ1) is 11.1. The summed E-state index contributed by atoms with van der Waals surface area (Å²) in [6.45, 7) is -0.361. The Hall–Kier alpha value is -1.43. The molecule has 0 aliphatic carbocycles. The molecule has 2 rings (SSSR count). The SMILES string of the molecule is COC(=O)c1cc(-c2c[se]nn2)oc1CO.